The molecule has 2 rings (SSSR count). The lowest BCUT2D eigenvalue weighted by Gasteiger charge is -2.29. The van der Waals surface area contributed by atoms with Gasteiger partial charge < -0.3 is 10.0 Å². The van der Waals surface area contributed by atoms with Crippen molar-refractivity contribution in [2.45, 2.75) is 43.7 Å². The zero-order chi connectivity index (χ0) is 10.9. The molecule has 3 heteroatoms. The monoisotopic (exact) mass is 212 g/mol. The molecule has 0 spiro atoms. The zero-order valence-corrected chi connectivity index (χ0v) is 10.1. The van der Waals surface area contributed by atoms with Crippen molar-refractivity contribution < 1.29 is 5.11 Å². The number of likely N-dealkylation sites (N-methyl/N-ethyl adjacent to an activating group) is 1. The van der Waals surface area contributed by atoms with E-state index in [-0.39, 0.29) is 5.60 Å². The zero-order valence-electron chi connectivity index (χ0n) is 10.1. The summed E-state index contributed by atoms with van der Waals surface area (Å²) in [5.41, 5.74) is -0.360. The van der Waals surface area contributed by atoms with Crippen LogP contribution < -0.4 is 0 Å². The van der Waals surface area contributed by atoms with Gasteiger partial charge >= 0.3 is 0 Å². The van der Waals surface area contributed by atoms with Crippen LogP contribution in [0.1, 0.15) is 32.1 Å². The van der Waals surface area contributed by atoms with Crippen molar-refractivity contribution in [3.8, 4) is 0 Å². The van der Waals surface area contributed by atoms with E-state index in [2.05, 4.69) is 23.9 Å². The van der Waals surface area contributed by atoms with Gasteiger partial charge in [-0.25, -0.2) is 0 Å². The van der Waals surface area contributed by atoms with Crippen LogP contribution in [0.5, 0.6) is 0 Å². The quantitative estimate of drug-likeness (QED) is 0.754. The molecular formula is C12H24N2O. The molecule has 1 aliphatic carbocycles. The first-order chi connectivity index (χ1) is 7.09. The molecule has 1 saturated carbocycles. The molecule has 0 amide bonds. The largest absolute Gasteiger partial charge is 0.389 e. The summed E-state index contributed by atoms with van der Waals surface area (Å²) in [6.45, 7) is 3.19. The Hall–Kier alpha value is -0.120. The fraction of sp³-hybridized carbons (Fsp3) is 1.00. The van der Waals surface area contributed by atoms with E-state index in [4.69, 9.17) is 0 Å². The van der Waals surface area contributed by atoms with Gasteiger partial charge in [0.2, 0.25) is 0 Å². The molecular weight excluding hydrogens is 188 g/mol. The van der Waals surface area contributed by atoms with E-state index in [0.29, 0.717) is 6.04 Å². The molecule has 1 aliphatic heterocycles. The minimum atomic E-state index is -0.360. The first kappa shape index (κ1) is 11.4. The summed E-state index contributed by atoms with van der Waals surface area (Å²) < 4.78 is 0. The summed E-state index contributed by atoms with van der Waals surface area (Å²) >= 11 is 0. The van der Waals surface area contributed by atoms with Gasteiger partial charge in [-0.1, -0.05) is 12.8 Å². The highest BCUT2D eigenvalue weighted by Gasteiger charge is 2.35. The van der Waals surface area contributed by atoms with Crippen LogP contribution in [0.3, 0.4) is 0 Å². The van der Waals surface area contributed by atoms with Crippen molar-refractivity contribution in [3.05, 3.63) is 0 Å². The second kappa shape index (κ2) is 4.40. The number of nitrogens with zero attached hydrogens (tertiary/aromatic N) is 2. The Morgan fingerprint density at radius 2 is 2.00 bits per heavy atom. The van der Waals surface area contributed by atoms with Gasteiger partial charge in [0.1, 0.15) is 0 Å². The van der Waals surface area contributed by atoms with E-state index in [1.807, 2.05) is 0 Å². The summed E-state index contributed by atoms with van der Waals surface area (Å²) in [6, 6.07) is 0.690. The van der Waals surface area contributed by atoms with Gasteiger partial charge in [0.05, 0.1) is 5.60 Å². The molecule has 1 heterocycles. The van der Waals surface area contributed by atoms with E-state index in [9.17, 15) is 5.11 Å². The van der Waals surface area contributed by atoms with E-state index in [0.717, 1.165) is 32.5 Å². The van der Waals surface area contributed by atoms with Crippen molar-refractivity contribution in [1.29, 1.82) is 0 Å². The third-order valence-corrected chi connectivity index (χ3v) is 4.03. The average Bonchev–Trinajstić information content (AvgIpc) is 2.75. The van der Waals surface area contributed by atoms with Gasteiger partial charge in [0.15, 0.2) is 0 Å². The van der Waals surface area contributed by atoms with Gasteiger partial charge in [-0.05, 0) is 39.9 Å². The lowest BCUT2D eigenvalue weighted by molar-refractivity contribution is 0.0144. The molecule has 0 radical (unpaired) electrons. The van der Waals surface area contributed by atoms with Crippen LogP contribution in [0.2, 0.25) is 0 Å². The van der Waals surface area contributed by atoms with Gasteiger partial charge in [-0.15, -0.1) is 0 Å². The Bertz CT molecular complexity index is 212. The van der Waals surface area contributed by atoms with Crippen LogP contribution in [-0.4, -0.2) is 60.3 Å². The molecule has 3 nitrogen and oxygen atoms in total. The molecule has 2 fully saturated rings. The number of rotatable bonds is 3. The van der Waals surface area contributed by atoms with Crippen molar-refractivity contribution in [2.75, 3.05) is 33.7 Å². The van der Waals surface area contributed by atoms with Crippen LogP contribution in [0, 0.1) is 0 Å². The number of β-amino-alcohol motifs (C(OH)–C–C–N with tert-alkyl or cyclic N) is 1. The first-order valence-electron chi connectivity index (χ1n) is 6.20. The lowest BCUT2D eigenvalue weighted by Crippen LogP contribution is -2.41. The number of aliphatic hydroxyl groups is 1. The molecule has 15 heavy (non-hydrogen) atoms. The predicted molar refractivity (Wildman–Crippen MR) is 61.9 cm³/mol. The van der Waals surface area contributed by atoms with Crippen LogP contribution >= 0.6 is 0 Å². The maximum Gasteiger partial charge on any atom is 0.0774 e. The number of likely N-dealkylation sites (tertiary alicyclic amines) is 1. The summed E-state index contributed by atoms with van der Waals surface area (Å²) in [6.07, 6.45) is 5.69. The summed E-state index contributed by atoms with van der Waals surface area (Å²) in [7, 11) is 4.30. The lowest BCUT2D eigenvalue weighted by atomic mass is 10.0. The summed E-state index contributed by atoms with van der Waals surface area (Å²) in [5.74, 6) is 0. The molecule has 0 aromatic rings. The SMILES string of the molecule is CN(C)C1CCN(CC2(O)CCCC2)C1. The molecule has 1 unspecified atom stereocenters. The molecule has 0 bridgehead atoms. The Kier molecular flexibility index (Phi) is 3.33. The summed E-state index contributed by atoms with van der Waals surface area (Å²) in [4.78, 5) is 4.74. The minimum absolute atomic E-state index is 0.360. The van der Waals surface area contributed by atoms with E-state index in [1.165, 1.54) is 19.3 Å². The third-order valence-electron chi connectivity index (χ3n) is 4.03. The maximum absolute atomic E-state index is 10.3. The van der Waals surface area contributed by atoms with Crippen molar-refractivity contribution in [1.82, 2.24) is 9.80 Å². The fourth-order valence-corrected chi connectivity index (χ4v) is 2.98. The topological polar surface area (TPSA) is 26.7 Å². The first-order valence-corrected chi connectivity index (χ1v) is 6.20. The molecule has 1 saturated heterocycles. The van der Waals surface area contributed by atoms with Gasteiger partial charge in [0, 0.05) is 19.1 Å². The second-order valence-corrected chi connectivity index (χ2v) is 5.57. The van der Waals surface area contributed by atoms with E-state index >= 15 is 0 Å². The molecule has 2 aliphatic rings. The summed E-state index contributed by atoms with van der Waals surface area (Å²) in [5, 5.41) is 10.3. The van der Waals surface area contributed by atoms with Gasteiger partial charge in [-0.2, -0.15) is 0 Å². The van der Waals surface area contributed by atoms with E-state index in [1.54, 1.807) is 0 Å². The van der Waals surface area contributed by atoms with Crippen molar-refractivity contribution >= 4 is 0 Å². The predicted octanol–water partition coefficient (Wildman–Crippen LogP) is 0.927. The van der Waals surface area contributed by atoms with Crippen LogP contribution in [-0.2, 0) is 0 Å². The van der Waals surface area contributed by atoms with Gasteiger partial charge in [0.25, 0.3) is 0 Å². The van der Waals surface area contributed by atoms with Gasteiger partial charge in [-0.3, -0.25) is 4.90 Å². The normalized spacial score (nSPS) is 31.6. The standard InChI is InChI=1S/C12H24N2O/c1-13(2)11-5-8-14(9-11)10-12(15)6-3-4-7-12/h11,15H,3-10H2,1-2H3. The number of hydrogen-bond acceptors (Lipinski definition) is 3. The smallest absolute Gasteiger partial charge is 0.0774 e. The second-order valence-electron chi connectivity index (χ2n) is 5.57. The Morgan fingerprint density at radius 1 is 1.33 bits per heavy atom. The fourth-order valence-electron chi connectivity index (χ4n) is 2.98. The van der Waals surface area contributed by atoms with Crippen LogP contribution in [0.15, 0.2) is 0 Å². The van der Waals surface area contributed by atoms with Crippen LogP contribution in [0.25, 0.3) is 0 Å². The highest BCUT2D eigenvalue weighted by molar-refractivity contribution is 4.91. The maximum atomic E-state index is 10.3. The molecule has 0 aromatic carbocycles. The average molecular weight is 212 g/mol. The molecule has 1 atom stereocenters. The molecule has 1 N–H and O–H groups in total. The van der Waals surface area contributed by atoms with E-state index < -0.39 is 0 Å². The molecule has 88 valence electrons. The minimum Gasteiger partial charge on any atom is -0.389 e. The Balaban J connectivity index is 1.81. The highest BCUT2D eigenvalue weighted by Crippen LogP contribution is 2.31. The molecule has 0 aromatic heterocycles. The van der Waals surface area contributed by atoms with Crippen molar-refractivity contribution in [2.24, 2.45) is 0 Å². The highest BCUT2D eigenvalue weighted by atomic mass is 16.3. The van der Waals surface area contributed by atoms with Crippen molar-refractivity contribution in [3.63, 3.8) is 0 Å². The Labute approximate surface area is 93.1 Å². The van der Waals surface area contributed by atoms with Crippen LogP contribution in [0.4, 0.5) is 0 Å². The number of hydrogen-bond donors (Lipinski definition) is 1. The Morgan fingerprint density at radius 3 is 2.53 bits per heavy atom. The third kappa shape index (κ3) is 2.71.